The van der Waals surface area contributed by atoms with E-state index in [0.717, 1.165) is 30.5 Å². The van der Waals surface area contributed by atoms with Crippen LogP contribution in [0.5, 0.6) is 5.75 Å². The number of carboxylic acid groups (broad SMARTS) is 1. The smallest absolute Gasteiger partial charge is 0.387 e. The lowest BCUT2D eigenvalue weighted by molar-refractivity contribution is -0.0495. The van der Waals surface area contributed by atoms with E-state index >= 15 is 0 Å². The van der Waals surface area contributed by atoms with Crippen molar-refractivity contribution in [2.24, 2.45) is 0 Å². The van der Waals surface area contributed by atoms with Crippen LogP contribution in [-0.2, 0) is 0 Å². The quantitative estimate of drug-likeness (QED) is 0.938. The summed E-state index contributed by atoms with van der Waals surface area (Å²) in [5.41, 5.74) is -1.37. The molecule has 0 saturated carbocycles. The number of alkyl halides is 2. The molecule has 22 heavy (non-hydrogen) atoms. The average Bonchev–Trinajstić information content (AvgIpc) is 2.46. The molecule has 0 aliphatic rings. The summed E-state index contributed by atoms with van der Waals surface area (Å²) in [7, 11) is 0. The molecule has 1 heterocycles. The van der Waals surface area contributed by atoms with E-state index in [-0.39, 0.29) is 11.3 Å². The van der Waals surface area contributed by atoms with Crippen molar-refractivity contribution in [3.05, 3.63) is 47.5 Å². The third kappa shape index (κ3) is 2.98. The zero-order valence-electron chi connectivity index (χ0n) is 10.8. The highest BCUT2D eigenvalue weighted by atomic mass is 19.3. The van der Waals surface area contributed by atoms with Gasteiger partial charge in [0.1, 0.15) is 23.3 Å². The van der Waals surface area contributed by atoms with Gasteiger partial charge in [-0.15, -0.1) is 0 Å². The Kier molecular flexibility index (Phi) is 4.27. The summed E-state index contributed by atoms with van der Waals surface area (Å²) in [6.45, 7) is -3.22. The maximum absolute atomic E-state index is 14.0. The van der Waals surface area contributed by atoms with E-state index in [1.165, 1.54) is 0 Å². The summed E-state index contributed by atoms with van der Waals surface area (Å²) in [5, 5.41) is 17.9. The van der Waals surface area contributed by atoms with E-state index in [2.05, 4.69) is 9.72 Å². The Bertz CT molecular complexity index is 772. The van der Waals surface area contributed by atoms with Crippen LogP contribution in [0, 0.1) is 17.1 Å². The van der Waals surface area contributed by atoms with Crippen molar-refractivity contribution < 1.29 is 27.8 Å². The van der Waals surface area contributed by atoms with Gasteiger partial charge in [-0.25, -0.2) is 14.2 Å². The van der Waals surface area contributed by atoms with Crippen molar-refractivity contribution in [1.82, 2.24) is 4.98 Å². The van der Waals surface area contributed by atoms with Crippen LogP contribution in [0.25, 0.3) is 11.1 Å². The Labute approximate surface area is 122 Å². The first-order valence-electron chi connectivity index (χ1n) is 5.81. The fourth-order valence-corrected chi connectivity index (χ4v) is 1.85. The summed E-state index contributed by atoms with van der Waals surface area (Å²) in [4.78, 5) is 14.8. The highest BCUT2D eigenvalue weighted by Crippen LogP contribution is 2.35. The van der Waals surface area contributed by atoms with Gasteiger partial charge in [0.05, 0.1) is 11.1 Å². The van der Waals surface area contributed by atoms with Crippen molar-refractivity contribution in [1.29, 1.82) is 5.26 Å². The molecule has 0 atom stereocenters. The van der Waals surface area contributed by atoms with Crippen LogP contribution in [0.3, 0.4) is 0 Å². The van der Waals surface area contributed by atoms with E-state index in [9.17, 15) is 18.0 Å². The van der Waals surface area contributed by atoms with E-state index in [1.54, 1.807) is 6.07 Å². The summed E-state index contributed by atoms with van der Waals surface area (Å²) < 4.78 is 43.1. The summed E-state index contributed by atoms with van der Waals surface area (Å²) in [6.07, 6.45) is 0.856. The molecule has 0 bridgehead atoms. The van der Waals surface area contributed by atoms with Gasteiger partial charge in [0.2, 0.25) is 0 Å². The number of benzene rings is 1. The summed E-state index contributed by atoms with van der Waals surface area (Å²) >= 11 is 0. The zero-order chi connectivity index (χ0) is 16.3. The molecule has 5 nitrogen and oxygen atoms in total. The molecule has 0 aliphatic heterocycles. The van der Waals surface area contributed by atoms with Crippen molar-refractivity contribution in [3.63, 3.8) is 0 Å². The third-order valence-electron chi connectivity index (χ3n) is 2.71. The number of rotatable bonds is 4. The monoisotopic (exact) mass is 308 g/mol. The second-order valence-electron chi connectivity index (χ2n) is 4.02. The molecule has 0 amide bonds. The van der Waals surface area contributed by atoms with Gasteiger partial charge in [-0.2, -0.15) is 14.0 Å². The van der Waals surface area contributed by atoms with Gasteiger partial charge in [-0.05, 0) is 18.2 Å². The standard InChI is InChI=1S/C14H7F3N2O3/c15-10-2-1-3-11(22-14(16)17)12(10)8-4-7(5-18)19-6-9(8)13(20)21/h1-4,6,14H,(H,20,21). The lowest BCUT2D eigenvalue weighted by atomic mass is 9.99. The van der Waals surface area contributed by atoms with Gasteiger partial charge in [0.15, 0.2) is 0 Å². The Balaban J connectivity index is 2.75. The van der Waals surface area contributed by atoms with Crippen LogP contribution in [0.1, 0.15) is 16.1 Å². The fraction of sp³-hybridized carbons (Fsp3) is 0.0714. The second kappa shape index (κ2) is 6.13. The van der Waals surface area contributed by atoms with Crippen LogP contribution in [0.2, 0.25) is 0 Å². The topological polar surface area (TPSA) is 83.2 Å². The summed E-state index contributed by atoms with van der Waals surface area (Å²) in [5.74, 6) is -2.94. The lowest BCUT2D eigenvalue weighted by Crippen LogP contribution is -2.07. The van der Waals surface area contributed by atoms with Crippen LogP contribution >= 0.6 is 0 Å². The van der Waals surface area contributed by atoms with Gasteiger partial charge in [0, 0.05) is 11.8 Å². The first-order chi connectivity index (χ1) is 10.4. The maximum atomic E-state index is 14.0. The number of ether oxygens (including phenoxy) is 1. The van der Waals surface area contributed by atoms with Gasteiger partial charge in [0.25, 0.3) is 0 Å². The van der Waals surface area contributed by atoms with Crippen LogP contribution in [0.15, 0.2) is 30.5 Å². The second-order valence-corrected chi connectivity index (χ2v) is 4.02. The number of nitrogens with zero attached hydrogens (tertiary/aromatic N) is 2. The highest BCUT2D eigenvalue weighted by Gasteiger charge is 2.21. The molecule has 0 radical (unpaired) electrons. The lowest BCUT2D eigenvalue weighted by Gasteiger charge is -2.13. The molecule has 0 aliphatic carbocycles. The zero-order valence-corrected chi connectivity index (χ0v) is 10.8. The molecule has 1 aromatic carbocycles. The van der Waals surface area contributed by atoms with Crippen molar-refractivity contribution in [2.45, 2.75) is 6.61 Å². The molecule has 8 heteroatoms. The molecule has 1 N–H and O–H groups in total. The molecular formula is C14H7F3N2O3. The third-order valence-corrected chi connectivity index (χ3v) is 2.71. The number of hydrogen-bond donors (Lipinski definition) is 1. The van der Waals surface area contributed by atoms with Crippen molar-refractivity contribution >= 4 is 5.97 Å². The minimum absolute atomic E-state index is 0.189. The Morgan fingerprint density at radius 1 is 1.41 bits per heavy atom. The molecule has 2 aromatic rings. The van der Waals surface area contributed by atoms with E-state index in [0.29, 0.717) is 0 Å². The molecule has 112 valence electrons. The number of aromatic carboxylic acids is 1. The normalized spacial score (nSPS) is 10.3. The van der Waals surface area contributed by atoms with Crippen LogP contribution in [0.4, 0.5) is 13.2 Å². The minimum Gasteiger partial charge on any atom is -0.478 e. The van der Waals surface area contributed by atoms with Gasteiger partial charge in [-0.1, -0.05) is 6.07 Å². The molecule has 2 rings (SSSR count). The maximum Gasteiger partial charge on any atom is 0.387 e. The number of carboxylic acids is 1. The van der Waals surface area contributed by atoms with Crippen LogP contribution < -0.4 is 4.74 Å². The van der Waals surface area contributed by atoms with Gasteiger partial charge >= 0.3 is 12.6 Å². The number of carbonyl (C=O) groups is 1. The average molecular weight is 308 g/mol. The number of aromatic nitrogens is 1. The predicted molar refractivity (Wildman–Crippen MR) is 67.9 cm³/mol. The van der Waals surface area contributed by atoms with E-state index < -0.39 is 35.3 Å². The molecule has 0 fully saturated rings. The Hall–Kier alpha value is -3.08. The molecule has 0 saturated heterocycles. The Morgan fingerprint density at radius 3 is 2.73 bits per heavy atom. The van der Waals surface area contributed by atoms with Gasteiger partial charge < -0.3 is 9.84 Å². The minimum atomic E-state index is -3.22. The molecular weight excluding hydrogens is 301 g/mol. The van der Waals surface area contributed by atoms with E-state index in [1.807, 2.05) is 0 Å². The number of hydrogen-bond acceptors (Lipinski definition) is 4. The summed E-state index contributed by atoms with van der Waals surface area (Å²) in [6, 6.07) is 5.85. The number of nitriles is 1. The molecule has 0 spiro atoms. The SMILES string of the molecule is N#Cc1cc(-c2c(F)cccc2OC(F)F)c(C(=O)O)cn1. The Morgan fingerprint density at radius 2 is 2.14 bits per heavy atom. The first-order valence-corrected chi connectivity index (χ1v) is 5.81. The van der Waals surface area contributed by atoms with Gasteiger partial charge in [-0.3, -0.25) is 0 Å². The number of pyridine rings is 1. The van der Waals surface area contributed by atoms with Crippen molar-refractivity contribution in [3.8, 4) is 22.9 Å². The van der Waals surface area contributed by atoms with Crippen LogP contribution in [-0.4, -0.2) is 22.7 Å². The molecule has 0 unspecified atom stereocenters. The molecule has 1 aromatic heterocycles. The number of halogens is 3. The van der Waals surface area contributed by atoms with E-state index in [4.69, 9.17) is 10.4 Å². The largest absolute Gasteiger partial charge is 0.478 e. The fourth-order valence-electron chi connectivity index (χ4n) is 1.85. The first kappa shape index (κ1) is 15.3. The highest BCUT2D eigenvalue weighted by molar-refractivity contribution is 5.97. The van der Waals surface area contributed by atoms with Crippen molar-refractivity contribution in [2.75, 3.05) is 0 Å². The predicted octanol–water partition coefficient (Wildman–Crippen LogP) is 3.06.